The Balaban J connectivity index is 2.37. The summed E-state index contributed by atoms with van der Waals surface area (Å²) in [4.78, 5) is 13.8. The van der Waals surface area contributed by atoms with Crippen molar-refractivity contribution in [2.45, 2.75) is 31.8 Å². The van der Waals surface area contributed by atoms with Gasteiger partial charge in [-0.15, -0.1) is 0 Å². The van der Waals surface area contributed by atoms with Crippen LogP contribution >= 0.6 is 0 Å². The normalized spacial score (nSPS) is 19.8. The number of aliphatic hydroxyl groups is 1. The number of likely N-dealkylation sites (tertiary alicyclic amines) is 1. The number of hydrogen-bond donors (Lipinski definition) is 2. The summed E-state index contributed by atoms with van der Waals surface area (Å²) in [6.07, 6.45) is 2.19. The minimum Gasteiger partial charge on any atom is -0.395 e. The average molecular weight is 230 g/mol. The second-order valence-corrected chi connectivity index (χ2v) is 4.26. The van der Waals surface area contributed by atoms with E-state index in [9.17, 15) is 4.79 Å². The molecule has 1 heterocycles. The third kappa shape index (κ3) is 3.73. The molecule has 2 unspecified atom stereocenters. The zero-order chi connectivity index (χ0) is 12.0. The maximum Gasteiger partial charge on any atom is 0.239 e. The molecule has 1 saturated heterocycles. The lowest BCUT2D eigenvalue weighted by Crippen LogP contribution is -2.50. The number of rotatable bonds is 6. The van der Waals surface area contributed by atoms with Crippen molar-refractivity contribution in [2.75, 3.05) is 33.4 Å². The van der Waals surface area contributed by atoms with Crippen molar-refractivity contribution in [3.63, 3.8) is 0 Å². The number of aliphatic hydroxyl groups excluding tert-OH is 1. The molecule has 0 spiro atoms. The van der Waals surface area contributed by atoms with Crippen LogP contribution in [-0.4, -0.2) is 61.4 Å². The molecule has 0 bridgehead atoms. The topological polar surface area (TPSA) is 61.8 Å². The molecule has 0 saturated carbocycles. The highest BCUT2D eigenvalue weighted by atomic mass is 16.5. The van der Waals surface area contributed by atoms with E-state index in [0.29, 0.717) is 6.61 Å². The summed E-state index contributed by atoms with van der Waals surface area (Å²) >= 11 is 0. The van der Waals surface area contributed by atoms with Crippen LogP contribution in [0.15, 0.2) is 0 Å². The number of methoxy groups -OCH3 is 1. The van der Waals surface area contributed by atoms with Crippen LogP contribution in [0.4, 0.5) is 0 Å². The van der Waals surface area contributed by atoms with E-state index in [4.69, 9.17) is 9.84 Å². The van der Waals surface area contributed by atoms with Crippen molar-refractivity contribution < 1.29 is 14.6 Å². The van der Waals surface area contributed by atoms with Crippen LogP contribution < -0.4 is 5.32 Å². The van der Waals surface area contributed by atoms with Crippen LogP contribution in [0.2, 0.25) is 0 Å². The van der Waals surface area contributed by atoms with E-state index in [1.54, 1.807) is 7.11 Å². The van der Waals surface area contributed by atoms with Crippen LogP contribution in [0.1, 0.15) is 19.8 Å². The molecular weight excluding hydrogens is 208 g/mol. The van der Waals surface area contributed by atoms with Crippen molar-refractivity contribution in [1.82, 2.24) is 10.2 Å². The number of carbonyl (C=O) groups excluding carboxylic acids is 1. The third-order valence-electron chi connectivity index (χ3n) is 2.86. The molecular formula is C11H22N2O3. The van der Waals surface area contributed by atoms with E-state index < -0.39 is 0 Å². The number of nitrogens with one attached hydrogen (secondary N) is 1. The fourth-order valence-corrected chi connectivity index (χ4v) is 1.99. The lowest BCUT2D eigenvalue weighted by molar-refractivity contribution is -0.132. The van der Waals surface area contributed by atoms with Gasteiger partial charge in [-0.3, -0.25) is 10.1 Å². The molecule has 5 heteroatoms. The highest BCUT2D eigenvalue weighted by Gasteiger charge is 2.24. The standard InChI is InChI=1S/C11H22N2O3/c1-9(12-10(7-14)8-16-2)11(15)13-5-3-4-6-13/h9-10,12,14H,3-8H2,1-2H3. The Morgan fingerprint density at radius 2 is 2.12 bits per heavy atom. The Morgan fingerprint density at radius 1 is 1.50 bits per heavy atom. The van der Waals surface area contributed by atoms with E-state index in [-0.39, 0.29) is 24.6 Å². The fraction of sp³-hybridized carbons (Fsp3) is 0.909. The van der Waals surface area contributed by atoms with Gasteiger partial charge >= 0.3 is 0 Å². The van der Waals surface area contributed by atoms with Crippen molar-refractivity contribution >= 4 is 5.91 Å². The first-order valence-corrected chi connectivity index (χ1v) is 5.83. The smallest absolute Gasteiger partial charge is 0.239 e. The molecule has 0 aromatic carbocycles. The summed E-state index contributed by atoms with van der Waals surface area (Å²) < 4.78 is 4.95. The Labute approximate surface area is 96.8 Å². The Hall–Kier alpha value is -0.650. The quantitative estimate of drug-likeness (QED) is 0.651. The first kappa shape index (κ1) is 13.4. The Kier molecular flexibility index (Phi) is 5.73. The van der Waals surface area contributed by atoms with Gasteiger partial charge in [-0.05, 0) is 19.8 Å². The first-order valence-electron chi connectivity index (χ1n) is 5.83. The van der Waals surface area contributed by atoms with Crippen LogP contribution in [0, 0.1) is 0 Å². The molecule has 16 heavy (non-hydrogen) atoms. The average Bonchev–Trinajstić information content (AvgIpc) is 2.80. The molecule has 5 nitrogen and oxygen atoms in total. The molecule has 0 aromatic rings. The van der Waals surface area contributed by atoms with Crippen molar-refractivity contribution in [3.8, 4) is 0 Å². The van der Waals surface area contributed by atoms with Gasteiger partial charge in [0.2, 0.25) is 5.91 Å². The zero-order valence-electron chi connectivity index (χ0n) is 10.1. The first-order chi connectivity index (χ1) is 7.69. The number of amides is 1. The molecule has 1 aliphatic heterocycles. The summed E-state index contributed by atoms with van der Waals surface area (Å²) in [6.45, 7) is 3.94. The summed E-state index contributed by atoms with van der Waals surface area (Å²) in [5, 5.41) is 12.2. The molecule has 0 aromatic heterocycles. The monoisotopic (exact) mass is 230 g/mol. The van der Waals surface area contributed by atoms with Gasteiger partial charge in [0.1, 0.15) is 0 Å². The van der Waals surface area contributed by atoms with Gasteiger partial charge in [0, 0.05) is 20.2 Å². The summed E-state index contributed by atoms with van der Waals surface area (Å²) in [5.41, 5.74) is 0. The Bertz CT molecular complexity index is 217. The molecule has 1 rings (SSSR count). The second-order valence-electron chi connectivity index (χ2n) is 4.26. The van der Waals surface area contributed by atoms with Gasteiger partial charge < -0.3 is 14.7 Å². The Morgan fingerprint density at radius 3 is 2.62 bits per heavy atom. The van der Waals surface area contributed by atoms with Crippen LogP contribution in [0.25, 0.3) is 0 Å². The molecule has 0 aliphatic carbocycles. The molecule has 1 fully saturated rings. The highest BCUT2D eigenvalue weighted by molar-refractivity contribution is 5.81. The van der Waals surface area contributed by atoms with E-state index in [0.717, 1.165) is 25.9 Å². The van der Waals surface area contributed by atoms with E-state index in [1.807, 2.05) is 11.8 Å². The van der Waals surface area contributed by atoms with Gasteiger partial charge in [-0.25, -0.2) is 0 Å². The number of carbonyl (C=O) groups is 1. The molecule has 94 valence electrons. The van der Waals surface area contributed by atoms with Crippen LogP contribution in [0.3, 0.4) is 0 Å². The zero-order valence-corrected chi connectivity index (χ0v) is 10.1. The van der Waals surface area contributed by atoms with E-state index in [1.165, 1.54) is 0 Å². The van der Waals surface area contributed by atoms with Gasteiger partial charge in [-0.2, -0.15) is 0 Å². The molecule has 2 atom stereocenters. The minimum absolute atomic E-state index is 0.0224. The largest absolute Gasteiger partial charge is 0.395 e. The maximum atomic E-state index is 11.9. The fourth-order valence-electron chi connectivity index (χ4n) is 1.99. The summed E-state index contributed by atoms with van der Waals surface area (Å²) in [7, 11) is 1.58. The summed E-state index contributed by atoms with van der Waals surface area (Å²) in [6, 6.07) is -0.433. The van der Waals surface area contributed by atoms with Crippen molar-refractivity contribution in [2.24, 2.45) is 0 Å². The van der Waals surface area contributed by atoms with Gasteiger partial charge in [0.25, 0.3) is 0 Å². The van der Waals surface area contributed by atoms with Gasteiger partial charge in [-0.1, -0.05) is 0 Å². The predicted molar refractivity (Wildman–Crippen MR) is 61.2 cm³/mol. The lowest BCUT2D eigenvalue weighted by atomic mass is 10.2. The van der Waals surface area contributed by atoms with Gasteiger partial charge in [0.15, 0.2) is 0 Å². The number of nitrogens with zero attached hydrogens (tertiary/aromatic N) is 1. The molecule has 0 radical (unpaired) electrons. The number of hydrogen-bond acceptors (Lipinski definition) is 4. The van der Waals surface area contributed by atoms with Crippen molar-refractivity contribution in [3.05, 3.63) is 0 Å². The third-order valence-corrected chi connectivity index (χ3v) is 2.86. The molecule has 1 amide bonds. The number of ether oxygens (including phenoxy) is 1. The second kappa shape index (κ2) is 6.83. The maximum absolute atomic E-state index is 11.9. The van der Waals surface area contributed by atoms with Crippen LogP contribution in [0.5, 0.6) is 0 Å². The van der Waals surface area contributed by atoms with Crippen LogP contribution in [-0.2, 0) is 9.53 Å². The van der Waals surface area contributed by atoms with Gasteiger partial charge in [0.05, 0.1) is 25.3 Å². The molecule has 1 aliphatic rings. The lowest BCUT2D eigenvalue weighted by Gasteiger charge is -2.24. The SMILES string of the molecule is COCC(CO)NC(C)C(=O)N1CCCC1. The predicted octanol–water partition coefficient (Wildman–Crippen LogP) is -0.406. The summed E-state index contributed by atoms with van der Waals surface area (Å²) in [5.74, 6) is 0.118. The van der Waals surface area contributed by atoms with Crippen molar-refractivity contribution in [1.29, 1.82) is 0 Å². The molecule has 2 N–H and O–H groups in total. The van der Waals surface area contributed by atoms with E-state index >= 15 is 0 Å². The minimum atomic E-state index is -0.259. The van der Waals surface area contributed by atoms with E-state index in [2.05, 4.69) is 5.32 Å². The highest BCUT2D eigenvalue weighted by Crippen LogP contribution is 2.09.